The van der Waals surface area contributed by atoms with Gasteiger partial charge in [-0.05, 0) is 54.1 Å². The monoisotopic (exact) mass is 574 g/mol. The number of hydrogen-bond acceptors (Lipinski definition) is 6. The van der Waals surface area contributed by atoms with Crippen LogP contribution >= 0.6 is 23.2 Å². The van der Waals surface area contributed by atoms with E-state index in [0.717, 1.165) is 28.9 Å². The van der Waals surface area contributed by atoms with Crippen molar-refractivity contribution in [2.45, 2.75) is 6.54 Å². The van der Waals surface area contributed by atoms with E-state index in [-0.39, 0.29) is 39.5 Å². The Labute approximate surface area is 225 Å². The molecule has 0 unspecified atom stereocenters. The van der Waals surface area contributed by atoms with Crippen molar-refractivity contribution in [2.24, 2.45) is 0 Å². The lowest BCUT2D eigenvalue weighted by Gasteiger charge is -2.09. The highest BCUT2D eigenvalue weighted by molar-refractivity contribution is 6.42. The highest BCUT2D eigenvalue weighted by atomic mass is 35.5. The topological polar surface area (TPSA) is 155 Å². The molecule has 2 heterocycles. The van der Waals surface area contributed by atoms with Crippen LogP contribution < -0.4 is 11.1 Å². The van der Waals surface area contributed by atoms with Gasteiger partial charge in [-0.1, -0.05) is 29.3 Å². The molecular formula is C25H14Cl2F2N4O6. The van der Waals surface area contributed by atoms with Gasteiger partial charge in [0.05, 0.1) is 27.4 Å². The molecular weight excluding hydrogens is 561 g/mol. The van der Waals surface area contributed by atoms with E-state index in [2.05, 4.69) is 10.2 Å². The van der Waals surface area contributed by atoms with E-state index in [1.165, 1.54) is 12.1 Å². The minimum Gasteiger partial charge on any atom is -0.476 e. The van der Waals surface area contributed by atoms with Crippen LogP contribution in [0.1, 0.15) is 26.5 Å². The summed E-state index contributed by atoms with van der Waals surface area (Å²) >= 11 is 11.8. The first kappa shape index (κ1) is 27.4. The van der Waals surface area contributed by atoms with E-state index >= 15 is 0 Å². The lowest BCUT2D eigenvalue weighted by Crippen LogP contribution is -2.26. The summed E-state index contributed by atoms with van der Waals surface area (Å²) in [5.41, 5.74) is -1.24. The second-order valence-corrected chi connectivity index (χ2v) is 8.77. The minimum atomic E-state index is -1.31. The average Bonchev–Trinajstić information content (AvgIpc) is 2.88. The smallest absolute Gasteiger partial charge is 0.357 e. The van der Waals surface area contributed by atoms with Crippen molar-refractivity contribution in [2.75, 3.05) is 0 Å². The largest absolute Gasteiger partial charge is 0.476 e. The number of aromatic nitrogens is 4. The van der Waals surface area contributed by atoms with Gasteiger partial charge in [-0.25, -0.2) is 28.2 Å². The third kappa shape index (κ3) is 5.76. The van der Waals surface area contributed by atoms with Gasteiger partial charge in [0.15, 0.2) is 11.4 Å². The van der Waals surface area contributed by atoms with Crippen LogP contribution in [0, 0.1) is 11.6 Å². The van der Waals surface area contributed by atoms with Crippen molar-refractivity contribution in [1.29, 1.82) is 0 Å². The van der Waals surface area contributed by atoms with Crippen molar-refractivity contribution in [3.05, 3.63) is 114 Å². The molecule has 39 heavy (non-hydrogen) atoms. The summed E-state index contributed by atoms with van der Waals surface area (Å²) in [6, 6.07) is 11.3. The zero-order valence-electron chi connectivity index (χ0n) is 19.3. The fraction of sp³-hybridized carbons (Fsp3) is 0.0400. The van der Waals surface area contributed by atoms with Crippen LogP contribution in [0.25, 0.3) is 21.5 Å². The highest BCUT2D eigenvalue weighted by Gasteiger charge is 2.17. The summed E-state index contributed by atoms with van der Waals surface area (Å²) in [6.07, 6.45) is 0. The van der Waals surface area contributed by atoms with Gasteiger partial charge in [0.2, 0.25) is 0 Å². The summed E-state index contributed by atoms with van der Waals surface area (Å²) in [5.74, 6) is -3.82. The van der Waals surface area contributed by atoms with E-state index in [1.807, 2.05) is 5.10 Å². The maximum Gasteiger partial charge on any atom is 0.357 e. The molecule has 0 fully saturated rings. The van der Waals surface area contributed by atoms with E-state index in [9.17, 15) is 33.1 Å². The third-order valence-electron chi connectivity index (χ3n) is 5.39. The summed E-state index contributed by atoms with van der Waals surface area (Å²) in [4.78, 5) is 45.9. The van der Waals surface area contributed by atoms with Gasteiger partial charge < -0.3 is 10.2 Å². The Bertz CT molecular complexity index is 1910. The molecule has 14 heteroatoms. The molecule has 3 aromatic carbocycles. The SMILES string of the molecule is O=C(O)c1n[nH]c(=O)c2cc(F)ccc12.O=C(O)c1nn(Cc2ccc(Cl)c(Cl)c2)c(=O)c2cc(F)ccc12. The van der Waals surface area contributed by atoms with E-state index in [0.29, 0.717) is 15.6 Å². The van der Waals surface area contributed by atoms with Gasteiger partial charge in [0.1, 0.15) is 11.6 Å². The lowest BCUT2D eigenvalue weighted by molar-refractivity contribution is 0.0680. The number of halogens is 4. The Morgan fingerprint density at radius 1 is 0.795 bits per heavy atom. The third-order valence-corrected chi connectivity index (χ3v) is 6.13. The molecule has 0 radical (unpaired) electrons. The summed E-state index contributed by atoms with van der Waals surface area (Å²) in [7, 11) is 0. The predicted octanol–water partition coefficient (Wildman–Crippen LogP) is 4.35. The molecule has 2 aromatic heterocycles. The molecule has 0 saturated carbocycles. The van der Waals surface area contributed by atoms with Crippen LogP contribution in [0.5, 0.6) is 0 Å². The molecule has 0 aliphatic carbocycles. The number of hydrogen-bond donors (Lipinski definition) is 3. The van der Waals surface area contributed by atoms with Crippen LogP contribution in [0.15, 0.2) is 64.2 Å². The molecule has 0 spiro atoms. The molecule has 0 aliphatic rings. The Hall–Kier alpha value is -4.68. The number of nitrogens with zero attached hydrogens (tertiary/aromatic N) is 3. The fourth-order valence-corrected chi connectivity index (χ4v) is 3.96. The second kappa shape index (κ2) is 11.0. The van der Waals surface area contributed by atoms with Gasteiger partial charge in [0, 0.05) is 10.8 Å². The number of rotatable bonds is 4. The van der Waals surface area contributed by atoms with Crippen LogP contribution in [0.3, 0.4) is 0 Å². The zero-order chi connectivity index (χ0) is 28.4. The van der Waals surface area contributed by atoms with Gasteiger partial charge in [-0.2, -0.15) is 10.2 Å². The number of H-pyrrole nitrogens is 1. The van der Waals surface area contributed by atoms with Crippen molar-refractivity contribution in [3.63, 3.8) is 0 Å². The molecule has 10 nitrogen and oxygen atoms in total. The summed E-state index contributed by atoms with van der Waals surface area (Å²) < 4.78 is 27.2. The molecule has 3 N–H and O–H groups in total. The first-order chi connectivity index (χ1) is 18.5. The van der Waals surface area contributed by atoms with E-state index in [4.69, 9.17) is 28.3 Å². The molecule has 0 amide bonds. The fourth-order valence-electron chi connectivity index (χ4n) is 3.64. The quantitative estimate of drug-likeness (QED) is 0.286. The number of aromatic amines is 1. The normalized spacial score (nSPS) is 10.8. The Morgan fingerprint density at radius 2 is 1.38 bits per heavy atom. The Balaban J connectivity index is 0.000000202. The average molecular weight is 575 g/mol. The standard InChI is InChI=1S/C16H9Cl2FN2O3.C9H5FN2O3/c17-12-4-1-8(5-13(12)18)7-21-15(22)11-6-9(19)2-3-10(11)14(20-21)16(23)24;10-4-1-2-5-6(3-4)8(13)12-11-7(5)9(14)15/h1-6H,7H2,(H,23,24);1-3H,(H,12,13)(H,14,15). The molecule has 5 rings (SSSR count). The van der Waals surface area contributed by atoms with E-state index < -0.39 is 34.7 Å². The van der Waals surface area contributed by atoms with Crippen LogP contribution in [0.2, 0.25) is 10.0 Å². The molecule has 5 aromatic rings. The summed E-state index contributed by atoms with van der Waals surface area (Å²) in [5, 5.41) is 28.1. The van der Waals surface area contributed by atoms with Crippen molar-refractivity contribution in [3.8, 4) is 0 Å². The van der Waals surface area contributed by atoms with Gasteiger partial charge >= 0.3 is 11.9 Å². The second-order valence-electron chi connectivity index (χ2n) is 7.95. The number of aromatic carboxylic acids is 2. The number of carboxylic acid groups (broad SMARTS) is 2. The first-order valence-corrected chi connectivity index (χ1v) is 11.5. The Morgan fingerprint density at radius 3 is 1.97 bits per heavy atom. The van der Waals surface area contributed by atoms with Crippen LogP contribution in [-0.2, 0) is 6.54 Å². The number of benzene rings is 3. The number of carbonyl (C=O) groups is 2. The number of fused-ring (bicyclic) bond motifs is 2. The maximum atomic E-state index is 13.5. The molecule has 198 valence electrons. The summed E-state index contributed by atoms with van der Waals surface area (Å²) in [6.45, 7) is -0.0253. The van der Waals surface area contributed by atoms with Gasteiger partial charge in [-0.3, -0.25) is 9.59 Å². The van der Waals surface area contributed by atoms with Gasteiger partial charge in [0.25, 0.3) is 11.1 Å². The zero-order valence-corrected chi connectivity index (χ0v) is 20.8. The van der Waals surface area contributed by atoms with E-state index in [1.54, 1.807) is 18.2 Å². The lowest BCUT2D eigenvalue weighted by atomic mass is 10.1. The Kier molecular flexibility index (Phi) is 7.70. The number of carboxylic acids is 2. The van der Waals surface area contributed by atoms with Crippen molar-refractivity contribution in [1.82, 2.24) is 20.0 Å². The predicted molar refractivity (Wildman–Crippen MR) is 138 cm³/mol. The van der Waals surface area contributed by atoms with Gasteiger partial charge in [-0.15, -0.1) is 0 Å². The number of nitrogens with one attached hydrogen (secondary N) is 1. The first-order valence-electron chi connectivity index (χ1n) is 10.7. The minimum absolute atomic E-state index is 0.0253. The maximum absolute atomic E-state index is 13.5. The van der Waals surface area contributed by atoms with Crippen molar-refractivity contribution >= 4 is 56.7 Å². The highest BCUT2D eigenvalue weighted by Crippen LogP contribution is 2.23. The molecule has 0 atom stereocenters. The van der Waals surface area contributed by atoms with Crippen LogP contribution in [0.4, 0.5) is 8.78 Å². The molecule has 0 bridgehead atoms. The van der Waals surface area contributed by atoms with Crippen LogP contribution in [-0.4, -0.2) is 42.1 Å². The van der Waals surface area contributed by atoms with Crippen molar-refractivity contribution < 1.29 is 28.6 Å². The molecule has 0 aliphatic heterocycles. The molecule has 0 saturated heterocycles.